The van der Waals surface area contributed by atoms with Crippen LogP contribution in [0.1, 0.15) is 18.4 Å². The highest BCUT2D eigenvalue weighted by Gasteiger charge is 2.27. The number of benzene rings is 1. The summed E-state index contributed by atoms with van der Waals surface area (Å²) in [5.41, 5.74) is 2.56. The zero-order valence-electron chi connectivity index (χ0n) is 12.3. The highest BCUT2D eigenvalue weighted by Crippen LogP contribution is 2.26. The lowest BCUT2D eigenvalue weighted by Gasteiger charge is -2.37. The third-order valence-electron chi connectivity index (χ3n) is 4.09. The van der Waals surface area contributed by atoms with E-state index in [0.717, 1.165) is 32.7 Å². The fourth-order valence-corrected chi connectivity index (χ4v) is 2.81. The molecule has 0 spiro atoms. The summed E-state index contributed by atoms with van der Waals surface area (Å²) in [6.45, 7) is 4.66. The summed E-state index contributed by atoms with van der Waals surface area (Å²) in [4.78, 5) is 2.36. The predicted molar refractivity (Wildman–Crippen MR) is 78.8 cm³/mol. The number of hydrogen-bond acceptors (Lipinski definition) is 3. The lowest BCUT2D eigenvalue weighted by Crippen LogP contribution is -2.43. The molecule has 1 aliphatic rings. The monoisotopic (exact) mass is 263 g/mol. The molecule has 1 fully saturated rings. The molecule has 1 aromatic rings. The Morgan fingerprint density at radius 1 is 1.26 bits per heavy atom. The lowest BCUT2D eigenvalue weighted by molar-refractivity contribution is 0.0443. The number of likely N-dealkylation sites (N-methyl/N-ethyl adjacent to an activating group) is 1. The van der Waals surface area contributed by atoms with Gasteiger partial charge in [0, 0.05) is 33.1 Å². The fraction of sp³-hybridized carbons (Fsp3) is 0.625. The molecule has 19 heavy (non-hydrogen) atoms. The summed E-state index contributed by atoms with van der Waals surface area (Å²) in [6.07, 6.45) is 2.26. The van der Waals surface area contributed by atoms with Gasteiger partial charge in [0.1, 0.15) is 0 Å². The number of hydrogen-bond donors (Lipinski definition) is 0. The number of anilines is 1. The average Bonchev–Trinajstić information content (AvgIpc) is 2.46. The SMILES string of the molecule is COCC(C1CCOCC1)N(C)c1ccc(C)cc1. The van der Waals surface area contributed by atoms with Crippen LogP contribution in [0.2, 0.25) is 0 Å². The number of nitrogens with zero attached hydrogens (tertiary/aromatic N) is 1. The van der Waals surface area contributed by atoms with Gasteiger partial charge in [-0.1, -0.05) is 17.7 Å². The summed E-state index contributed by atoms with van der Waals surface area (Å²) in [5.74, 6) is 0.653. The van der Waals surface area contributed by atoms with Crippen LogP contribution in [0.4, 0.5) is 5.69 Å². The molecule has 0 N–H and O–H groups in total. The maximum Gasteiger partial charge on any atom is 0.0668 e. The first-order valence-electron chi connectivity index (χ1n) is 7.08. The average molecular weight is 263 g/mol. The van der Waals surface area contributed by atoms with Gasteiger partial charge in [-0.15, -0.1) is 0 Å². The molecule has 1 atom stereocenters. The molecule has 1 heterocycles. The topological polar surface area (TPSA) is 21.7 Å². The second-order valence-electron chi connectivity index (χ2n) is 5.42. The minimum absolute atomic E-state index is 0.427. The summed E-state index contributed by atoms with van der Waals surface area (Å²) in [7, 11) is 3.96. The van der Waals surface area contributed by atoms with E-state index in [2.05, 4.69) is 43.1 Å². The third-order valence-corrected chi connectivity index (χ3v) is 4.09. The van der Waals surface area contributed by atoms with Crippen molar-refractivity contribution in [2.75, 3.05) is 38.9 Å². The minimum Gasteiger partial charge on any atom is -0.383 e. The molecule has 0 bridgehead atoms. The second-order valence-corrected chi connectivity index (χ2v) is 5.42. The van der Waals surface area contributed by atoms with Crippen LogP contribution < -0.4 is 4.90 Å². The van der Waals surface area contributed by atoms with Crippen LogP contribution in [-0.2, 0) is 9.47 Å². The standard InChI is InChI=1S/C16H25NO2/c1-13-4-6-15(7-5-13)17(2)16(12-18-3)14-8-10-19-11-9-14/h4-7,14,16H,8-12H2,1-3H3. The van der Waals surface area contributed by atoms with Gasteiger partial charge in [-0.2, -0.15) is 0 Å². The van der Waals surface area contributed by atoms with E-state index in [0.29, 0.717) is 12.0 Å². The van der Waals surface area contributed by atoms with E-state index in [1.807, 2.05) is 0 Å². The van der Waals surface area contributed by atoms with Crippen molar-refractivity contribution in [2.24, 2.45) is 5.92 Å². The highest BCUT2D eigenvalue weighted by atomic mass is 16.5. The van der Waals surface area contributed by atoms with Gasteiger partial charge in [0.15, 0.2) is 0 Å². The number of aryl methyl sites for hydroxylation is 1. The molecule has 3 nitrogen and oxygen atoms in total. The van der Waals surface area contributed by atoms with Crippen LogP contribution in [0.5, 0.6) is 0 Å². The Bertz CT molecular complexity index is 371. The maximum absolute atomic E-state index is 5.47. The molecular weight excluding hydrogens is 238 g/mol. The van der Waals surface area contributed by atoms with Crippen molar-refractivity contribution in [2.45, 2.75) is 25.8 Å². The summed E-state index contributed by atoms with van der Waals surface area (Å²) in [5, 5.41) is 0. The Morgan fingerprint density at radius 2 is 1.89 bits per heavy atom. The zero-order valence-corrected chi connectivity index (χ0v) is 12.3. The normalized spacial score (nSPS) is 18.3. The van der Waals surface area contributed by atoms with Crippen LogP contribution >= 0.6 is 0 Å². The van der Waals surface area contributed by atoms with Crippen molar-refractivity contribution in [1.82, 2.24) is 0 Å². The quantitative estimate of drug-likeness (QED) is 0.815. The van der Waals surface area contributed by atoms with Crippen molar-refractivity contribution < 1.29 is 9.47 Å². The number of rotatable bonds is 5. The van der Waals surface area contributed by atoms with Gasteiger partial charge in [-0.3, -0.25) is 0 Å². The van der Waals surface area contributed by atoms with Gasteiger partial charge in [-0.05, 0) is 37.8 Å². The van der Waals surface area contributed by atoms with Gasteiger partial charge in [-0.25, -0.2) is 0 Å². The van der Waals surface area contributed by atoms with E-state index in [1.165, 1.54) is 11.3 Å². The van der Waals surface area contributed by atoms with E-state index in [-0.39, 0.29) is 0 Å². The molecule has 3 heteroatoms. The van der Waals surface area contributed by atoms with Crippen molar-refractivity contribution in [3.05, 3.63) is 29.8 Å². The van der Waals surface area contributed by atoms with Gasteiger partial charge < -0.3 is 14.4 Å². The second kappa shape index (κ2) is 6.92. The van der Waals surface area contributed by atoms with E-state index in [9.17, 15) is 0 Å². The zero-order chi connectivity index (χ0) is 13.7. The molecule has 0 saturated carbocycles. The molecule has 1 unspecified atom stereocenters. The third kappa shape index (κ3) is 3.71. The van der Waals surface area contributed by atoms with Crippen LogP contribution in [0, 0.1) is 12.8 Å². The fourth-order valence-electron chi connectivity index (χ4n) is 2.81. The molecule has 0 aliphatic carbocycles. The van der Waals surface area contributed by atoms with Crippen LogP contribution in [0.25, 0.3) is 0 Å². The van der Waals surface area contributed by atoms with Crippen molar-refractivity contribution in [3.8, 4) is 0 Å². The molecular formula is C16H25NO2. The molecule has 106 valence electrons. The van der Waals surface area contributed by atoms with E-state index in [4.69, 9.17) is 9.47 Å². The lowest BCUT2D eigenvalue weighted by atomic mass is 9.91. The molecule has 1 aliphatic heterocycles. The highest BCUT2D eigenvalue weighted by molar-refractivity contribution is 5.47. The number of ether oxygens (including phenoxy) is 2. The first-order valence-corrected chi connectivity index (χ1v) is 7.08. The number of methoxy groups -OCH3 is 1. The van der Waals surface area contributed by atoms with Crippen LogP contribution in [-0.4, -0.2) is 40.0 Å². The van der Waals surface area contributed by atoms with Crippen molar-refractivity contribution >= 4 is 5.69 Å². The first kappa shape index (κ1) is 14.4. The molecule has 0 radical (unpaired) electrons. The van der Waals surface area contributed by atoms with Crippen molar-refractivity contribution in [3.63, 3.8) is 0 Å². The molecule has 0 aromatic heterocycles. The maximum atomic E-state index is 5.47. The van der Waals surface area contributed by atoms with Gasteiger partial charge in [0.25, 0.3) is 0 Å². The summed E-state index contributed by atoms with van der Waals surface area (Å²) >= 11 is 0. The first-order chi connectivity index (χ1) is 9.22. The van der Waals surface area contributed by atoms with Gasteiger partial charge in [0.05, 0.1) is 12.6 Å². The van der Waals surface area contributed by atoms with Crippen LogP contribution in [0.3, 0.4) is 0 Å². The van der Waals surface area contributed by atoms with E-state index < -0.39 is 0 Å². The van der Waals surface area contributed by atoms with E-state index >= 15 is 0 Å². The van der Waals surface area contributed by atoms with E-state index in [1.54, 1.807) is 7.11 Å². The Kier molecular flexibility index (Phi) is 5.23. The molecule has 2 rings (SSSR count). The summed E-state index contributed by atoms with van der Waals surface area (Å²) < 4.78 is 10.9. The largest absolute Gasteiger partial charge is 0.383 e. The minimum atomic E-state index is 0.427. The summed E-state index contributed by atoms with van der Waals surface area (Å²) in [6, 6.07) is 9.14. The Morgan fingerprint density at radius 3 is 2.47 bits per heavy atom. The Labute approximate surface area is 116 Å². The predicted octanol–water partition coefficient (Wildman–Crippen LogP) is 2.87. The Balaban J connectivity index is 2.10. The van der Waals surface area contributed by atoms with Gasteiger partial charge >= 0.3 is 0 Å². The van der Waals surface area contributed by atoms with Crippen LogP contribution in [0.15, 0.2) is 24.3 Å². The smallest absolute Gasteiger partial charge is 0.0668 e. The van der Waals surface area contributed by atoms with Gasteiger partial charge in [0.2, 0.25) is 0 Å². The Hall–Kier alpha value is -1.06. The van der Waals surface area contributed by atoms with Crippen molar-refractivity contribution in [1.29, 1.82) is 0 Å². The molecule has 1 aromatic carbocycles. The molecule has 1 saturated heterocycles. The molecule has 0 amide bonds.